The second kappa shape index (κ2) is 8.63. The van der Waals surface area contributed by atoms with Crippen LogP contribution in [-0.4, -0.2) is 34.9 Å². The molecule has 0 aliphatic carbocycles. The molecule has 1 N–H and O–H groups in total. The van der Waals surface area contributed by atoms with E-state index in [0.29, 0.717) is 28.2 Å². The molecular formula is C25H27N3O2S. The summed E-state index contributed by atoms with van der Waals surface area (Å²) in [4.78, 5) is 29.2. The zero-order valence-electron chi connectivity index (χ0n) is 18.1. The highest BCUT2D eigenvalue weighted by atomic mass is 32.1. The summed E-state index contributed by atoms with van der Waals surface area (Å²) >= 11 is 5.37. The van der Waals surface area contributed by atoms with E-state index in [1.165, 1.54) is 11.3 Å². The van der Waals surface area contributed by atoms with E-state index in [4.69, 9.17) is 12.2 Å². The number of anilines is 1. The molecule has 0 aromatic heterocycles. The van der Waals surface area contributed by atoms with Crippen molar-refractivity contribution < 1.29 is 9.59 Å². The van der Waals surface area contributed by atoms with E-state index in [-0.39, 0.29) is 11.8 Å². The second-order valence-corrected chi connectivity index (χ2v) is 9.13. The van der Waals surface area contributed by atoms with Crippen molar-refractivity contribution in [2.24, 2.45) is 11.8 Å². The predicted molar refractivity (Wildman–Crippen MR) is 128 cm³/mol. The van der Waals surface area contributed by atoms with E-state index in [2.05, 4.69) is 19.2 Å². The molecule has 0 spiro atoms. The SMILES string of the molecule is Cc1ccc(N2C(=O)/C(=C/c3ccc(C(=O)N4CC(C)CC(C)C4)cc3)NC2=S)cc1. The fourth-order valence-electron chi connectivity index (χ4n) is 4.36. The number of aryl methyl sites for hydroxylation is 1. The van der Waals surface area contributed by atoms with Gasteiger partial charge in [0.05, 0.1) is 5.69 Å². The first-order valence-electron chi connectivity index (χ1n) is 10.6. The van der Waals surface area contributed by atoms with Crippen molar-refractivity contribution in [3.8, 4) is 0 Å². The molecule has 2 heterocycles. The highest BCUT2D eigenvalue weighted by Gasteiger charge is 2.32. The monoisotopic (exact) mass is 433 g/mol. The van der Waals surface area contributed by atoms with Crippen LogP contribution in [0.4, 0.5) is 5.69 Å². The van der Waals surface area contributed by atoms with E-state index < -0.39 is 0 Å². The van der Waals surface area contributed by atoms with Crippen molar-refractivity contribution in [3.05, 3.63) is 70.9 Å². The Morgan fingerprint density at radius 1 is 1.03 bits per heavy atom. The van der Waals surface area contributed by atoms with Gasteiger partial charge in [0.2, 0.25) is 0 Å². The number of piperidine rings is 1. The highest BCUT2D eigenvalue weighted by molar-refractivity contribution is 7.80. The van der Waals surface area contributed by atoms with Crippen molar-refractivity contribution in [1.82, 2.24) is 10.2 Å². The van der Waals surface area contributed by atoms with Crippen molar-refractivity contribution in [1.29, 1.82) is 0 Å². The lowest BCUT2D eigenvalue weighted by molar-refractivity contribution is -0.113. The van der Waals surface area contributed by atoms with Gasteiger partial charge in [0.25, 0.3) is 11.8 Å². The summed E-state index contributed by atoms with van der Waals surface area (Å²) in [6.07, 6.45) is 2.93. The van der Waals surface area contributed by atoms with Gasteiger partial charge < -0.3 is 10.2 Å². The van der Waals surface area contributed by atoms with Crippen molar-refractivity contribution in [2.75, 3.05) is 18.0 Å². The molecule has 2 aliphatic heterocycles. The fraction of sp³-hybridized carbons (Fsp3) is 0.320. The quantitative estimate of drug-likeness (QED) is 0.577. The lowest BCUT2D eigenvalue weighted by Gasteiger charge is -2.35. The Balaban J connectivity index is 1.49. The van der Waals surface area contributed by atoms with Crippen LogP contribution >= 0.6 is 12.2 Å². The van der Waals surface area contributed by atoms with Gasteiger partial charge in [0.1, 0.15) is 5.70 Å². The smallest absolute Gasteiger partial charge is 0.281 e. The molecule has 160 valence electrons. The van der Waals surface area contributed by atoms with Gasteiger partial charge in [-0.1, -0.05) is 43.7 Å². The molecule has 2 amide bonds. The van der Waals surface area contributed by atoms with E-state index in [1.54, 1.807) is 6.08 Å². The van der Waals surface area contributed by atoms with Crippen LogP contribution in [0.2, 0.25) is 0 Å². The lowest BCUT2D eigenvalue weighted by Crippen LogP contribution is -2.42. The number of hydrogen-bond donors (Lipinski definition) is 1. The molecular weight excluding hydrogens is 406 g/mol. The molecule has 2 aromatic rings. The Labute approximate surface area is 188 Å². The molecule has 0 radical (unpaired) electrons. The Kier molecular flexibility index (Phi) is 5.92. The third-order valence-electron chi connectivity index (χ3n) is 5.80. The van der Waals surface area contributed by atoms with Crippen molar-refractivity contribution >= 4 is 40.9 Å². The number of carbonyl (C=O) groups excluding carboxylic acids is 2. The minimum Gasteiger partial charge on any atom is -0.338 e. The minimum atomic E-state index is -0.190. The van der Waals surface area contributed by atoms with Gasteiger partial charge in [-0.2, -0.15) is 0 Å². The number of thiocarbonyl (C=S) groups is 1. The van der Waals surface area contributed by atoms with Crippen LogP contribution in [0, 0.1) is 18.8 Å². The van der Waals surface area contributed by atoms with Crippen LogP contribution < -0.4 is 10.2 Å². The van der Waals surface area contributed by atoms with Gasteiger partial charge in [0, 0.05) is 18.7 Å². The molecule has 5 nitrogen and oxygen atoms in total. The van der Waals surface area contributed by atoms with E-state index >= 15 is 0 Å². The third-order valence-corrected chi connectivity index (χ3v) is 6.08. The summed E-state index contributed by atoms with van der Waals surface area (Å²) in [7, 11) is 0. The van der Waals surface area contributed by atoms with Crippen LogP contribution in [0.15, 0.2) is 54.2 Å². The minimum absolute atomic E-state index is 0.0689. The number of nitrogens with one attached hydrogen (secondary N) is 1. The van der Waals surface area contributed by atoms with E-state index in [1.807, 2.05) is 60.4 Å². The maximum absolute atomic E-state index is 12.9. The third kappa shape index (κ3) is 4.54. The fourth-order valence-corrected chi connectivity index (χ4v) is 4.66. The summed E-state index contributed by atoms with van der Waals surface area (Å²) in [5.41, 5.74) is 3.78. The van der Waals surface area contributed by atoms with Crippen LogP contribution in [0.5, 0.6) is 0 Å². The maximum Gasteiger partial charge on any atom is 0.281 e. The van der Waals surface area contributed by atoms with Crippen LogP contribution in [0.1, 0.15) is 41.8 Å². The molecule has 2 aliphatic rings. The summed E-state index contributed by atoms with van der Waals surface area (Å²) in [5, 5.41) is 3.37. The average molecular weight is 434 g/mol. The number of carbonyl (C=O) groups is 2. The standard InChI is InChI=1S/C25H27N3O2S/c1-16-4-10-21(11-5-16)28-24(30)22(26-25(28)31)13-19-6-8-20(9-7-19)23(29)27-14-17(2)12-18(3)15-27/h4-11,13,17-18H,12,14-15H2,1-3H3,(H,26,31)/b22-13-. The molecule has 0 bridgehead atoms. The van der Waals surface area contributed by atoms with Crippen molar-refractivity contribution in [3.63, 3.8) is 0 Å². The maximum atomic E-state index is 12.9. The van der Waals surface area contributed by atoms with Crippen LogP contribution in [0.3, 0.4) is 0 Å². The molecule has 2 unspecified atom stereocenters. The number of rotatable bonds is 3. The molecule has 31 heavy (non-hydrogen) atoms. The highest BCUT2D eigenvalue weighted by Crippen LogP contribution is 2.24. The molecule has 0 saturated carbocycles. The first kappa shape index (κ1) is 21.2. The molecule has 2 saturated heterocycles. The van der Waals surface area contributed by atoms with Gasteiger partial charge in [-0.3, -0.25) is 14.5 Å². The normalized spacial score (nSPS) is 22.7. The van der Waals surface area contributed by atoms with Crippen molar-refractivity contribution in [2.45, 2.75) is 27.2 Å². The molecule has 6 heteroatoms. The van der Waals surface area contributed by atoms with Gasteiger partial charge >= 0.3 is 0 Å². The molecule has 4 rings (SSSR count). The van der Waals surface area contributed by atoms with E-state index in [0.717, 1.165) is 29.9 Å². The zero-order valence-corrected chi connectivity index (χ0v) is 18.9. The average Bonchev–Trinajstić information content (AvgIpc) is 3.01. The Hall–Kier alpha value is -2.99. The van der Waals surface area contributed by atoms with Gasteiger partial charge in [-0.25, -0.2) is 0 Å². The number of nitrogens with zero attached hydrogens (tertiary/aromatic N) is 2. The first-order chi connectivity index (χ1) is 14.8. The summed E-state index contributed by atoms with van der Waals surface area (Å²) < 4.78 is 0. The van der Waals surface area contributed by atoms with Gasteiger partial charge in [0.15, 0.2) is 5.11 Å². The predicted octanol–water partition coefficient (Wildman–Crippen LogP) is 4.38. The van der Waals surface area contributed by atoms with E-state index in [9.17, 15) is 9.59 Å². The van der Waals surface area contributed by atoms with Gasteiger partial charge in [-0.05, 0) is 73.3 Å². The van der Waals surface area contributed by atoms with Crippen LogP contribution in [0.25, 0.3) is 6.08 Å². The summed E-state index contributed by atoms with van der Waals surface area (Å²) in [6.45, 7) is 8.00. The topological polar surface area (TPSA) is 52.7 Å². The molecule has 2 aromatic carbocycles. The first-order valence-corrected chi connectivity index (χ1v) is 11.1. The number of benzene rings is 2. The molecule has 2 fully saturated rings. The molecule has 2 atom stereocenters. The number of hydrogen-bond acceptors (Lipinski definition) is 3. The Bertz CT molecular complexity index is 1030. The number of amides is 2. The zero-order chi connectivity index (χ0) is 22.1. The summed E-state index contributed by atoms with van der Waals surface area (Å²) in [6, 6.07) is 15.0. The van der Waals surface area contributed by atoms with Crippen LogP contribution in [-0.2, 0) is 4.79 Å². The number of likely N-dealkylation sites (tertiary alicyclic amines) is 1. The largest absolute Gasteiger partial charge is 0.338 e. The second-order valence-electron chi connectivity index (χ2n) is 8.74. The van der Waals surface area contributed by atoms with Gasteiger partial charge in [-0.15, -0.1) is 0 Å². The summed E-state index contributed by atoms with van der Waals surface area (Å²) in [5.74, 6) is 0.928. The lowest BCUT2D eigenvalue weighted by atomic mass is 9.91. The Morgan fingerprint density at radius 2 is 1.65 bits per heavy atom. The Morgan fingerprint density at radius 3 is 2.26 bits per heavy atom.